The van der Waals surface area contributed by atoms with E-state index in [9.17, 15) is 9.18 Å². The summed E-state index contributed by atoms with van der Waals surface area (Å²) >= 11 is 1.61. The van der Waals surface area contributed by atoms with Crippen molar-refractivity contribution in [3.63, 3.8) is 0 Å². The van der Waals surface area contributed by atoms with Gasteiger partial charge in [0.2, 0.25) is 0 Å². The summed E-state index contributed by atoms with van der Waals surface area (Å²) < 4.78 is 18.5. The van der Waals surface area contributed by atoms with Gasteiger partial charge in [-0.3, -0.25) is 0 Å². The second-order valence-corrected chi connectivity index (χ2v) is 10.1. The minimum atomic E-state index is -0.527. The predicted octanol–water partition coefficient (Wildman–Crippen LogP) is 6.97. The van der Waals surface area contributed by atoms with E-state index in [1.807, 2.05) is 96.9 Å². The topological polar surface area (TPSA) is 55.1 Å². The molecule has 2 aromatic heterocycles. The van der Waals surface area contributed by atoms with Crippen LogP contribution >= 0.6 is 11.8 Å². The summed E-state index contributed by atoms with van der Waals surface area (Å²) in [5.41, 5.74) is 4.92. The molecule has 190 valence electrons. The fraction of sp³-hybridized carbons (Fsp3) is 0.133. The highest BCUT2D eigenvalue weighted by Crippen LogP contribution is 2.39. The molecule has 1 aliphatic rings. The number of hydrogen-bond acceptors (Lipinski definition) is 3. The summed E-state index contributed by atoms with van der Waals surface area (Å²) in [7, 11) is 0. The summed E-state index contributed by atoms with van der Waals surface area (Å²) in [6.45, 7) is 2.26. The van der Waals surface area contributed by atoms with Gasteiger partial charge < -0.3 is 14.8 Å². The van der Waals surface area contributed by atoms with Gasteiger partial charge in [-0.05, 0) is 73.3 Å². The molecule has 1 N–H and O–H groups in total. The van der Waals surface area contributed by atoms with Crippen molar-refractivity contribution in [2.75, 3.05) is 11.6 Å². The van der Waals surface area contributed by atoms with Crippen LogP contribution in [0.4, 0.5) is 14.9 Å². The Morgan fingerprint density at radius 2 is 1.82 bits per heavy atom. The lowest BCUT2D eigenvalue weighted by Gasteiger charge is -2.31. The molecule has 0 unspecified atom stereocenters. The van der Waals surface area contributed by atoms with Crippen molar-refractivity contribution in [3.05, 3.63) is 126 Å². The lowest BCUT2D eigenvalue weighted by Crippen LogP contribution is -2.38. The fourth-order valence-electron chi connectivity index (χ4n) is 5.07. The number of anilines is 1. The lowest BCUT2D eigenvalue weighted by molar-refractivity contribution is 0.194. The van der Waals surface area contributed by atoms with Gasteiger partial charge in [0, 0.05) is 22.3 Å². The Labute approximate surface area is 224 Å². The molecule has 38 heavy (non-hydrogen) atoms. The lowest BCUT2D eigenvalue weighted by atomic mass is 10.0. The number of amides is 2. The molecule has 0 saturated carbocycles. The number of carbonyl (C=O) groups is 1. The number of nitrogens with one attached hydrogen (secondary N) is 1. The molecule has 0 bridgehead atoms. The molecule has 3 aromatic carbocycles. The largest absolute Gasteiger partial charge is 0.322 e. The van der Waals surface area contributed by atoms with Crippen LogP contribution in [0.1, 0.15) is 28.6 Å². The Kier molecular flexibility index (Phi) is 6.25. The smallest absolute Gasteiger partial charge is 0.308 e. The number of halogens is 1. The third-order valence-corrected chi connectivity index (χ3v) is 7.56. The first-order valence-electron chi connectivity index (χ1n) is 12.3. The summed E-state index contributed by atoms with van der Waals surface area (Å²) in [6.07, 6.45) is 3.98. The highest BCUT2D eigenvalue weighted by atomic mass is 32.2. The number of thioether (sulfide) groups is 1. The van der Waals surface area contributed by atoms with Crippen LogP contribution in [0, 0.1) is 12.7 Å². The van der Waals surface area contributed by atoms with Crippen LogP contribution in [-0.4, -0.2) is 31.5 Å². The first-order valence-corrected chi connectivity index (χ1v) is 13.5. The van der Waals surface area contributed by atoms with Crippen molar-refractivity contribution in [2.45, 2.75) is 24.4 Å². The van der Waals surface area contributed by atoms with Gasteiger partial charge in [-0.1, -0.05) is 36.4 Å². The second kappa shape index (κ2) is 9.87. The van der Waals surface area contributed by atoms with E-state index in [-0.39, 0.29) is 11.8 Å². The highest BCUT2D eigenvalue weighted by molar-refractivity contribution is 7.98. The van der Waals surface area contributed by atoms with Gasteiger partial charge in [0.25, 0.3) is 0 Å². The van der Waals surface area contributed by atoms with Gasteiger partial charge in [0.15, 0.2) is 0 Å². The number of hydrogen-bond donors (Lipinski definition) is 1. The Morgan fingerprint density at radius 1 is 1.00 bits per heavy atom. The molecule has 5 aromatic rings. The normalized spacial score (nSPS) is 14.5. The molecule has 0 radical (unpaired) electrons. The SMILES string of the molecule is CSc1cccc(NC(=O)N2Cc3c(C)nn(-c4ccccc4)c3-n3cccc3[C@@H]2c2cccc(F)c2)c1. The standard InChI is InChI=1S/C30H26FN5OS/c1-20-26-19-35(30(37)32-23-11-7-14-25(18-23)38-2)28(21-9-6-10-22(31)17-21)27-15-8-16-34(27)29(26)36(33-20)24-12-4-3-5-13-24/h3-18,28H,19H2,1-2H3,(H,32,37)/t28-/m0/s1. The van der Waals surface area contributed by atoms with Crippen LogP contribution in [0.3, 0.4) is 0 Å². The van der Waals surface area contributed by atoms with Gasteiger partial charge >= 0.3 is 6.03 Å². The number of nitrogens with zero attached hydrogens (tertiary/aromatic N) is 4. The molecule has 0 fully saturated rings. The van der Waals surface area contributed by atoms with Crippen LogP contribution in [0.5, 0.6) is 0 Å². The Balaban J connectivity index is 1.52. The first kappa shape index (κ1) is 24.1. The van der Waals surface area contributed by atoms with Crippen molar-refractivity contribution >= 4 is 23.5 Å². The molecular formula is C30H26FN5OS. The first-order chi connectivity index (χ1) is 18.5. The number of rotatable bonds is 4. The van der Waals surface area contributed by atoms with Crippen molar-refractivity contribution < 1.29 is 9.18 Å². The van der Waals surface area contributed by atoms with E-state index in [2.05, 4.69) is 9.88 Å². The second-order valence-electron chi connectivity index (χ2n) is 9.19. The molecule has 0 saturated heterocycles. The molecular weight excluding hydrogens is 497 g/mol. The molecule has 6 rings (SSSR count). The minimum absolute atomic E-state index is 0.273. The molecule has 6 nitrogen and oxygen atoms in total. The van der Waals surface area contributed by atoms with Gasteiger partial charge in [-0.2, -0.15) is 5.10 Å². The number of carbonyl (C=O) groups excluding carboxylic acids is 1. The zero-order chi connectivity index (χ0) is 26.2. The Bertz CT molecular complexity index is 1630. The number of benzene rings is 3. The van der Waals surface area contributed by atoms with E-state index in [1.165, 1.54) is 12.1 Å². The van der Waals surface area contributed by atoms with Crippen molar-refractivity contribution in [2.24, 2.45) is 0 Å². The van der Waals surface area contributed by atoms with Crippen LogP contribution in [-0.2, 0) is 6.54 Å². The zero-order valence-corrected chi connectivity index (χ0v) is 21.8. The Morgan fingerprint density at radius 3 is 2.61 bits per heavy atom. The average molecular weight is 524 g/mol. The van der Waals surface area contributed by atoms with Crippen molar-refractivity contribution in [1.29, 1.82) is 0 Å². The van der Waals surface area contributed by atoms with E-state index in [1.54, 1.807) is 22.7 Å². The van der Waals surface area contributed by atoms with Gasteiger partial charge in [0.1, 0.15) is 11.6 Å². The van der Waals surface area contributed by atoms with Crippen LogP contribution in [0.25, 0.3) is 11.5 Å². The summed E-state index contributed by atoms with van der Waals surface area (Å²) in [4.78, 5) is 16.8. The van der Waals surface area contributed by atoms with E-state index in [4.69, 9.17) is 5.10 Å². The summed E-state index contributed by atoms with van der Waals surface area (Å²) in [5, 5.41) is 7.95. The van der Waals surface area contributed by atoms with Crippen molar-refractivity contribution in [1.82, 2.24) is 19.2 Å². The fourth-order valence-corrected chi connectivity index (χ4v) is 5.53. The van der Waals surface area contributed by atoms with E-state index < -0.39 is 6.04 Å². The van der Waals surface area contributed by atoms with E-state index >= 15 is 0 Å². The van der Waals surface area contributed by atoms with E-state index in [0.29, 0.717) is 17.8 Å². The molecule has 8 heteroatoms. The quantitative estimate of drug-likeness (QED) is 0.259. The van der Waals surface area contributed by atoms with Gasteiger partial charge in [0.05, 0.1) is 29.7 Å². The number of urea groups is 1. The van der Waals surface area contributed by atoms with Crippen LogP contribution in [0.15, 0.2) is 102 Å². The molecule has 2 amide bonds. The summed E-state index contributed by atoms with van der Waals surface area (Å²) in [5.74, 6) is 0.525. The maximum absolute atomic E-state index is 14.5. The third-order valence-electron chi connectivity index (χ3n) is 6.83. The monoisotopic (exact) mass is 523 g/mol. The number of aromatic nitrogens is 3. The van der Waals surface area contributed by atoms with Crippen LogP contribution < -0.4 is 5.32 Å². The number of fused-ring (bicyclic) bond motifs is 3. The average Bonchev–Trinajstić information content (AvgIpc) is 3.49. The third kappa shape index (κ3) is 4.26. The highest BCUT2D eigenvalue weighted by Gasteiger charge is 2.36. The molecule has 0 aliphatic carbocycles. The molecule has 0 spiro atoms. The molecule has 1 aliphatic heterocycles. The zero-order valence-electron chi connectivity index (χ0n) is 21.0. The van der Waals surface area contributed by atoms with Gasteiger partial charge in [-0.25, -0.2) is 13.9 Å². The Hall–Kier alpha value is -4.30. The van der Waals surface area contributed by atoms with Crippen molar-refractivity contribution in [3.8, 4) is 11.5 Å². The molecule has 1 atom stereocenters. The predicted molar refractivity (Wildman–Crippen MR) is 149 cm³/mol. The maximum atomic E-state index is 14.5. The molecule has 3 heterocycles. The maximum Gasteiger partial charge on any atom is 0.322 e. The van der Waals surface area contributed by atoms with Crippen LogP contribution in [0.2, 0.25) is 0 Å². The van der Waals surface area contributed by atoms with E-state index in [0.717, 1.165) is 33.4 Å². The number of para-hydroxylation sites is 1. The van der Waals surface area contributed by atoms with Gasteiger partial charge in [-0.15, -0.1) is 11.8 Å². The minimum Gasteiger partial charge on any atom is -0.308 e. The number of aryl methyl sites for hydroxylation is 1. The summed E-state index contributed by atoms with van der Waals surface area (Å²) in [6, 6.07) is 27.3.